The molecule has 1 saturated heterocycles. The van der Waals surface area contributed by atoms with E-state index in [1.165, 1.54) is 45.9 Å². The van der Waals surface area contributed by atoms with Crippen molar-refractivity contribution < 1.29 is 0 Å². The van der Waals surface area contributed by atoms with Gasteiger partial charge >= 0.3 is 113 Å². The molecule has 1 aliphatic heterocycles. The third-order valence-corrected chi connectivity index (χ3v) is 7.05. The van der Waals surface area contributed by atoms with Crippen LogP contribution in [-0.2, 0) is 13.0 Å². The maximum absolute atomic E-state index is 3.92. The first-order valence-electron chi connectivity index (χ1n) is 11.0. The Hall–Kier alpha value is -2.40. The Morgan fingerprint density at radius 3 is 2.42 bits per heavy atom. The quantitative estimate of drug-likeness (QED) is 0.413. The van der Waals surface area contributed by atoms with E-state index in [0.29, 0.717) is 0 Å². The van der Waals surface area contributed by atoms with Crippen LogP contribution in [0.5, 0.6) is 0 Å². The molecule has 5 rings (SSSR count). The van der Waals surface area contributed by atoms with Gasteiger partial charge in [-0.1, -0.05) is 0 Å². The predicted molar refractivity (Wildman–Crippen MR) is 128 cm³/mol. The van der Waals surface area contributed by atoms with Crippen LogP contribution in [0.15, 0.2) is 61.3 Å². The first-order chi connectivity index (χ1) is 15.2. The molecule has 1 N–H and O–H groups in total. The molecule has 0 spiro atoms. The summed E-state index contributed by atoms with van der Waals surface area (Å²) in [6.45, 7) is 6.89. The van der Waals surface area contributed by atoms with Gasteiger partial charge in [0.05, 0.1) is 0 Å². The average Bonchev–Trinajstić information content (AvgIpc) is 3.47. The van der Waals surface area contributed by atoms with Gasteiger partial charge in [0.2, 0.25) is 0 Å². The van der Waals surface area contributed by atoms with Gasteiger partial charge in [-0.3, -0.25) is 4.57 Å². The van der Waals surface area contributed by atoms with Crippen molar-refractivity contribution in [2.45, 2.75) is 19.4 Å². The van der Waals surface area contributed by atoms with E-state index in [2.05, 4.69) is 73.6 Å². The van der Waals surface area contributed by atoms with Crippen LogP contribution in [-0.4, -0.2) is 79.1 Å². The van der Waals surface area contributed by atoms with Crippen molar-refractivity contribution in [3.8, 4) is 5.69 Å². The molecule has 160 valence electrons. The zero-order valence-corrected chi connectivity index (χ0v) is 20.2. The monoisotopic (exact) mass is 476 g/mol. The van der Waals surface area contributed by atoms with Crippen LogP contribution in [0.2, 0.25) is 0 Å². The number of piperazine rings is 1. The Balaban J connectivity index is 1.12. The molecule has 1 fully saturated rings. The molecule has 0 aliphatic carbocycles. The molecule has 0 saturated carbocycles. The molecule has 0 radical (unpaired) electrons. The number of aromatic amines is 1. The number of rotatable bonds is 7. The van der Waals surface area contributed by atoms with Gasteiger partial charge in [0.1, 0.15) is 12.7 Å². The number of nitrogens with zero attached hydrogens (tertiary/aromatic N) is 5. The molecule has 7 heteroatoms. The van der Waals surface area contributed by atoms with Gasteiger partial charge in [-0.05, 0) is 23.8 Å². The molecule has 4 aromatic rings. The summed E-state index contributed by atoms with van der Waals surface area (Å²) in [7, 11) is 0. The molecule has 0 bridgehead atoms. The summed E-state index contributed by atoms with van der Waals surface area (Å²) in [6, 6.07) is 15.5. The molecular weight excluding hydrogens is 447 g/mol. The first kappa shape index (κ1) is 20.5. The summed E-state index contributed by atoms with van der Waals surface area (Å²) in [6.07, 6.45) is 7.93. The molecular formula is C24H29AsN6. The fourth-order valence-electron chi connectivity index (χ4n) is 4.41. The van der Waals surface area contributed by atoms with Crippen LogP contribution in [0.3, 0.4) is 0 Å². The van der Waals surface area contributed by atoms with Crippen molar-refractivity contribution in [1.82, 2.24) is 29.5 Å². The van der Waals surface area contributed by atoms with E-state index < -0.39 is 0 Å². The minimum absolute atomic E-state index is 1.07. The Kier molecular flexibility index (Phi) is 6.21. The van der Waals surface area contributed by atoms with E-state index in [9.17, 15) is 0 Å². The molecule has 1 aliphatic rings. The zero-order valence-electron chi connectivity index (χ0n) is 17.7. The molecule has 6 nitrogen and oxygen atoms in total. The van der Waals surface area contributed by atoms with Gasteiger partial charge in [0, 0.05) is 22.8 Å². The summed E-state index contributed by atoms with van der Waals surface area (Å²) in [5, 5.41) is 9.14. The third-order valence-electron chi connectivity index (χ3n) is 6.24. The number of aromatic nitrogens is 4. The molecule has 3 heterocycles. The molecule has 1 atom stereocenters. The summed E-state index contributed by atoms with van der Waals surface area (Å²) in [4.78, 5) is 8.62. The number of fused-ring (bicyclic) bond motifs is 1. The maximum atomic E-state index is 3.92. The second-order valence-corrected chi connectivity index (χ2v) is 9.77. The third kappa shape index (κ3) is 4.92. The molecule has 31 heavy (non-hydrogen) atoms. The summed E-state index contributed by atoms with van der Waals surface area (Å²) >= 11 is 1.69. The molecule has 2 aromatic carbocycles. The Labute approximate surface area is 191 Å². The number of benzene rings is 2. The van der Waals surface area contributed by atoms with Crippen molar-refractivity contribution in [3.05, 3.63) is 72.4 Å². The van der Waals surface area contributed by atoms with Gasteiger partial charge in [-0.2, -0.15) is 0 Å². The van der Waals surface area contributed by atoms with E-state index >= 15 is 0 Å². The number of hydrogen-bond donors (Lipinski definition) is 1. The van der Waals surface area contributed by atoms with Crippen molar-refractivity contribution >= 4 is 32.1 Å². The Bertz CT molecular complexity index is 1110. The topological polar surface area (TPSA) is 53.0 Å². The summed E-state index contributed by atoms with van der Waals surface area (Å²) in [5.41, 5.74) is 5.12. The molecule has 0 amide bonds. The van der Waals surface area contributed by atoms with Gasteiger partial charge in [-0.25, -0.2) is 0 Å². The van der Waals surface area contributed by atoms with Gasteiger partial charge < -0.3 is 4.98 Å². The van der Waals surface area contributed by atoms with E-state index in [-0.39, 0.29) is 0 Å². The molecule has 2 aromatic heterocycles. The van der Waals surface area contributed by atoms with E-state index in [4.69, 9.17) is 0 Å². The van der Waals surface area contributed by atoms with E-state index in [0.717, 1.165) is 38.3 Å². The molecule has 1 unspecified atom stereocenters. The van der Waals surface area contributed by atoms with Crippen LogP contribution in [0.25, 0.3) is 16.6 Å². The second-order valence-electron chi connectivity index (χ2n) is 8.38. The average molecular weight is 476 g/mol. The summed E-state index contributed by atoms with van der Waals surface area (Å²) in [5.74, 6) is 0. The standard InChI is InChI=1S/C24H29AsN6/c25-21-5-3-19(4-6-21)16-30-12-10-29(11-13-30)9-1-2-20-15-26-24-8-7-22(14-23(20)24)31-17-27-28-18-31/h3-8,14-15,17-18,26H,1-2,9-13,16,25H2. The fraction of sp³-hybridized carbons (Fsp3) is 0.333. The van der Waals surface area contributed by atoms with Crippen molar-refractivity contribution in [1.29, 1.82) is 0 Å². The second kappa shape index (κ2) is 9.39. The van der Waals surface area contributed by atoms with Crippen molar-refractivity contribution in [3.63, 3.8) is 0 Å². The van der Waals surface area contributed by atoms with Crippen LogP contribution in [0, 0.1) is 0 Å². The number of aryl methyl sites for hydroxylation is 1. The van der Waals surface area contributed by atoms with Crippen LogP contribution < -0.4 is 4.35 Å². The number of hydrogen-bond acceptors (Lipinski definition) is 4. The van der Waals surface area contributed by atoms with E-state index in [1.807, 2.05) is 4.57 Å². The van der Waals surface area contributed by atoms with Crippen molar-refractivity contribution in [2.75, 3.05) is 32.7 Å². The predicted octanol–water partition coefficient (Wildman–Crippen LogP) is 1.76. The number of nitrogens with one attached hydrogen (secondary N) is 1. The normalized spacial score (nSPS) is 15.6. The zero-order chi connectivity index (χ0) is 21.0. The van der Waals surface area contributed by atoms with Crippen LogP contribution in [0.4, 0.5) is 0 Å². The fourth-order valence-corrected chi connectivity index (χ4v) is 4.82. The number of H-pyrrole nitrogens is 1. The Morgan fingerprint density at radius 2 is 1.65 bits per heavy atom. The first-order valence-corrected chi connectivity index (χ1v) is 12.2. The Morgan fingerprint density at radius 1 is 0.903 bits per heavy atom. The van der Waals surface area contributed by atoms with Crippen LogP contribution >= 0.6 is 0 Å². The van der Waals surface area contributed by atoms with Gasteiger partial charge in [0.15, 0.2) is 0 Å². The van der Waals surface area contributed by atoms with Crippen molar-refractivity contribution in [2.24, 2.45) is 0 Å². The SMILES string of the molecule is [AsH2]c1ccc(CN2CCN(CCCc3c[nH]c4ccc(-n5cnnc5)cc34)CC2)cc1. The minimum atomic E-state index is 1.07. The van der Waals surface area contributed by atoms with Gasteiger partial charge in [0.25, 0.3) is 0 Å². The summed E-state index contributed by atoms with van der Waals surface area (Å²) < 4.78 is 3.35. The van der Waals surface area contributed by atoms with E-state index in [1.54, 1.807) is 29.5 Å². The van der Waals surface area contributed by atoms with Crippen LogP contribution in [0.1, 0.15) is 17.5 Å². The van der Waals surface area contributed by atoms with Gasteiger partial charge in [-0.15, -0.1) is 10.2 Å².